The predicted octanol–water partition coefficient (Wildman–Crippen LogP) is 1.25. The summed E-state index contributed by atoms with van der Waals surface area (Å²) in [4.78, 5) is 30.3. The van der Waals surface area contributed by atoms with Crippen molar-refractivity contribution in [3.63, 3.8) is 0 Å². The standard InChI is InChI=1S/C9H9Cl3N4O2/c1-14-4-5(13-8(14)10)15(2)7(18)9(11,12)16(3)6(4)17/h1-3H3. The van der Waals surface area contributed by atoms with E-state index in [1.54, 1.807) is 7.05 Å². The number of hydrogen-bond acceptors (Lipinski definition) is 3. The zero-order valence-corrected chi connectivity index (χ0v) is 12.0. The number of likely N-dealkylation sites (N-methyl/N-ethyl adjacent to an activating group) is 2. The minimum Gasteiger partial charge on any atom is -0.312 e. The van der Waals surface area contributed by atoms with E-state index >= 15 is 0 Å². The second-order valence-electron chi connectivity index (χ2n) is 3.88. The number of halogens is 3. The average molecular weight is 312 g/mol. The lowest BCUT2D eigenvalue weighted by Gasteiger charge is -2.28. The molecule has 1 aromatic rings. The number of fused-ring (bicyclic) bond motifs is 1. The Hall–Kier alpha value is -0.980. The van der Waals surface area contributed by atoms with Gasteiger partial charge in [0.1, 0.15) is 0 Å². The average Bonchev–Trinajstić information content (AvgIpc) is 2.59. The van der Waals surface area contributed by atoms with Crippen molar-refractivity contribution < 1.29 is 9.59 Å². The summed E-state index contributed by atoms with van der Waals surface area (Å²) >= 11 is 17.7. The zero-order valence-electron chi connectivity index (χ0n) is 9.74. The van der Waals surface area contributed by atoms with Crippen molar-refractivity contribution in [2.45, 2.75) is 4.46 Å². The van der Waals surface area contributed by atoms with Crippen molar-refractivity contribution in [1.82, 2.24) is 14.5 Å². The van der Waals surface area contributed by atoms with Gasteiger partial charge in [-0.05, 0) is 11.6 Å². The quantitative estimate of drug-likeness (QED) is 0.535. The molecule has 2 amide bonds. The molecule has 0 saturated heterocycles. The minimum absolute atomic E-state index is 0.0954. The molecule has 9 heteroatoms. The third kappa shape index (κ3) is 1.60. The van der Waals surface area contributed by atoms with Crippen LogP contribution in [0.2, 0.25) is 5.28 Å². The van der Waals surface area contributed by atoms with Crippen LogP contribution in [0.15, 0.2) is 0 Å². The van der Waals surface area contributed by atoms with Crippen molar-refractivity contribution in [2.75, 3.05) is 19.0 Å². The maximum atomic E-state index is 12.2. The predicted molar refractivity (Wildman–Crippen MR) is 68.2 cm³/mol. The van der Waals surface area contributed by atoms with E-state index in [0.29, 0.717) is 0 Å². The normalized spacial score (nSPS) is 19.0. The van der Waals surface area contributed by atoms with Gasteiger partial charge in [-0.25, -0.2) is 0 Å². The van der Waals surface area contributed by atoms with Gasteiger partial charge in [-0.1, -0.05) is 23.2 Å². The highest BCUT2D eigenvalue weighted by atomic mass is 35.5. The molecule has 0 spiro atoms. The molecule has 0 aromatic carbocycles. The Morgan fingerprint density at radius 3 is 2.28 bits per heavy atom. The Bertz CT molecular complexity index is 554. The minimum atomic E-state index is -1.97. The molecule has 1 aliphatic heterocycles. The zero-order chi connectivity index (χ0) is 13.8. The number of nitrogens with zero attached hydrogens (tertiary/aromatic N) is 4. The molecule has 98 valence electrons. The largest absolute Gasteiger partial charge is 0.312 e. The molecule has 1 aliphatic rings. The van der Waals surface area contributed by atoms with Gasteiger partial charge in [0.25, 0.3) is 16.3 Å². The molecule has 2 heterocycles. The van der Waals surface area contributed by atoms with Gasteiger partial charge < -0.3 is 9.47 Å². The molecule has 0 fully saturated rings. The van der Waals surface area contributed by atoms with Crippen molar-refractivity contribution in [3.05, 3.63) is 11.0 Å². The van der Waals surface area contributed by atoms with Crippen molar-refractivity contribution in [1.29, 1.82) is 0 Å². The summed E-state index contributed by atoms with van der Waals surface area (Å²) in [5, 5.41) is 0.0954. The topological polar surface area (TPSA) is 58.4 Å². The third-order valence-electron chi connectivity index (χ3n) is 2.83. The summed E-state index contributed by atoms with van der Waals surface area (Å²) in [6.07, 6.45) is 0. The fraction of sp³-hybridized carbons (Fsp3) is 0.444. The number of hydrogen-bond donors (Lipinski definition) is 0. The molecule has 2 rings (SSSR count). The van der Waals surface area contributed by atoms with Gasteiger partial charge in [0.15, 0.2) is 11.5 Å². The van der Waals surface area contributed by atoms with Gasteiger partial charge in [-0.3, -0.25) is 14.5 Å². The second kappa shape index (κ2) is 4.01. The summed E-state index contributed by atoms with van der Waals surface area (Å²) < 4.78 is -0.603. The highest BCUT2D eigenvalue weighted by Gasteiger charge is 2.49. The van der Waals surface area contributed by atoms with E-state index in [1.807, 2.05) is 0 Å². The Balaban J connectivity index is 2.73. The number of rotatable bonds is 0. The van der Waals surface area contributed by atoms with Gasteiger partial charge in [0, 0.05) is 21.1 Å². The van der Waals surface area contributed by atoms with E-state index in [2.05, 4.69) is 4.98 Å². The molecule has 0 aliphatic carbocycles. The fourth-order valence-electron chi connectivity index (χ4n) is 1.66. The molecule has 0 atom stereocenters. The maximum absolute atomic E-state index is 12.2. The lowest BCUT2D eigenvalue weighted by molar-refractivity contribution is -0.121. The van der Waals surface area contributed by atoms with E-state index in [0.717, 1.165) is 9.80 Å². The van der Waals surface area contributed by atoms with Crippen LogP contribution >= 0.6 is 34.8 Å². The second-order valence-corrected chi connectivity index (χ2v) is 5.51. The van der Waals surface area contributed by atoms with Gasteiger partial charge in [0.2, 0.25) is 5.28 Å². The molecule has 0 saturated carbocycles. The number of anilines is 1. The molecule has 0 radical (unpaired) electrons. The van der Waals surface area contributed by atoms with Crippen LogP contribution in [0, 0.1) is 0 Å². The number of imidazole rings is 1. The van der Waals surface area contributed by atoms with E-state index in [-0.39, 0.29) is 16.8 Å². The molecule has 6 nitrogen and oxygen atoms in total. The SMILES string of the molecule is CN1C(=O)C(Cl)(Cl)N(C)C(=O)c2c1nc(Cl)n2C. The van der Waals surface area contributed by atoms with Gasteiger partial charge >= 0.3 is 0 Å². The molecular weight excluding hydrogens is 302 g/mol. The van der Waals surface area contributed by atoms with Crippen molar-refractivity contribution >= 4 is 52.4 Å². The number of amides is 2. The lowest BCUT2D eigenvalue weighted by atomic mass is 10.3. The lowest BCUT2D eigenvalue weighted by Crippen LogP contribution is -2.50. The number of carbonyl (C=O) groups excluding carboxylic acids is 2. The smallest absolute Gasteiger partial charge is 0.285 e. The van der Waals surface area contributed by atoms with Crippen molar-refractivity contribution in [2.24, 2.45) is 7.05 Å². The summed E-state index contributed by atoms with van der Waals surface area (Å²) in [5.74, 6) is -1.07. The van der Waals surface area contributed by atoms with E-state index in [9.17, 15) is 9.59 Å². The van der Waals surface area contributed by atoms with Crippen LogP contribution < -0.4 is 4.90 Å². The summed E-state index contributed by atoms with van der Waals surface area (Å²) in [6, 6.07) is 0. The third-order valence-corrected chi connectivity index (χ3v) is 4.00. The number of carbonyl (C=O) groups is 2. The monoisotopic (exact) mass is 310 g/mol. The van der Waals surface area contributed by atoms with E-state index in [1.165, 1.54) is 18.7 Å². The summed E-state index contributed by atoms with van der Waals surface area (Å²) in [6.45, 7) is 0. The molecule has 0 bridgehead atoms. The Kier molecular flexibility index (Phi) is 3.00. The molecular formula is C9H9Cl3N4O2. The molecule has 18 heavy (non-hydrogen) atoms. The van der Waals surface area contributed by atoms with Crippen LogP contribution in [0.25, 0.3) is 0 Å². The van der Waals surface area contributed by atoms with Crippen molar-refractivity contribution in [3.8, 4) is 0 Å². The fourth-order valence-corrected chi connectivity index (χ4v) is 2.23. The van der Waals surface area contributed by atoms with Crippen LogP contribution in [0.5, 0.6) is 0 Å². The number of alkyl halides is 2. The molecule has 0 N–H and O–H groups in total. The van der Waals surface area contributed by atoms with Crippen LogP contribution in [0.4, 0.5) is 5.82 Å². The van der Waals surface area contributed by atoms with Crippen LogP contribution in [0.3, 0.4) is 0 Å². The van der Waals surface area contributed by atoms with Gasteiger partial charge in [-0.2, -0.15) is 4.98 Å². The Morgan fingerprint density at radius 1 is 1.17 bits per heavy atom. The molecule has 0 unspecified atom stereocenters. The Labute approximate surface area is 118 Å². The first-order valence-electron chi connectivity index (χ1n) is 4.86. The van der Waals surface area contributed by atoms with E-state index < -0.39 is 16.3 Å². The molecule has 1 aromatic heterocycles. The van der Waals surface area contributed by atoms with Crippen LogP contribution in [-0.4, -0.2) is 44.8 Å². The van der Waals surface area contributed by atoms with Gasteiger partial charge in [0.05, 0.1) is 0 Å². The summed E-state index contributed by atoms with van der Waals surface area (Å²) in [7, 11) is 4.33. The Morgan fingerprint density at radius 2 is 1.72 bits per heavy atom. The first-order chi connectivity index (χ1) is 8.19. The highest BCUT2D eigenvalue weighted by Crippen LogP contribution is 2.36. The van der Waals surface area contributed by atoms with Crippen LogP contribution in [-0.2, 0) is 11.8 Å². The first kappa shape index (κ1) is 13.5. The van der Waals surface area contributed by atoms with Crippen LogP contribution in [0.1, 0.15) is 10.5 Å². The number of aromatic nitrogens is 2. The summed E-state index contributed by atoms with van der Waals surface area (Å²) in [5.41, 5.74) is 0.154. The maximum Gasteiger partial charge on any atom is 0.285 e. The highest BCUT2D eigenvalue weighted by molar-refractivity contribution is 6.59. The first-order valence-corrected chi connectivity index (χ1v) is 5.99. The van der Waals surface area contributed by atoms with Gasteiger partial charge in [-0.15, -0.1) is 0 Å². The van der Waals surface area contributed by atoms with E-state index in [4.69, 9.17) is 34.8 Å².